The highest BCUT2D eigenvalue weighted by Gasteiger charge is 2.49. The first-order valence-corrected chi connectivity index (χ1v) is 12.1. The van der Waals surface area contributed by atoms with E-state index in [1.165, 1.54) is 36.4 Å². The molecular weight excluding hydrogens is 472 g/mol. The van der Waals surface area contributed by atoms with Crippen LogP contribution in [0.15, 0.2) is 53.5 Å². The number of aliphatic imine (C=N–C) groups is 1. The van der Waals surface area contributed by atoms with Crippen LogP contribution in [0.1, 0.15) is 5.56 Å². The molecule has 2 aromatic rings. The number of halogens is 4. The second-order valence-corrected chi connectivity index (χ2v) is 10.7. The minimum Gasteiger partial charge on any atom is -0.406 e. The molecule has 0 unspecified atom stereocenters. The third kappa shape index (κ3) is 5.23. The third-order valence-corrected chi connectivity index (χ3v) is 8.11. The highest BCUT2D eigenvalue weighted by atomic mass is 32.2. The second-order valence-electron chi connectivity index (χ2n) is 7.30. The molecule has 0 saturated carbocycles. The molecule has 2 aliphatic heterocycles. The first kappa shape index (κ1) is 22.6. The predicted octanol–water partition coefficient (Wildman–Crippen LogP) is 3.57. The summed E-state index contributed by atoms with van der Waals surface area (Å²) in [5.41, 5.74) is 0.955. The van der Waals surface area contributed by atoms with Crippen molar-refractivity contribution in [3.63, 3.8) is 0 Å². The van der Waals surface area contributed by atoms with Crippen LogP contribution in [0.5, 0.6) is 5.75 Å². The minimum atomic E-state index is -4.84. The number of benzene rings is 2. The fourth-order valence-electron chi connectivity index (χ4n) is 3.60. The number of hydrogen-bond acceptors (Lipinski definition) is 5. The van der Waals surface area contributed by atoms with Crippen LogP contribution in [-0.4, -0.2) is 48.7 Å². The number of rotatable bonds is 4. The van der Waals surface area contributed by atoms with Gasteiger partial charge in [-0.15, -0.1) is 13.2 Å². The molecule has 0 aromatic heterocycles. The molecule has 1 amide bonds. The number of alkyl halides is 3. The van der Waals surface area contributed by atoms with Crippen molar-refractivity contribution in [3.05, 3.63) is 59.9 Å². The standard InChI is InChI=1S/C20H16F4N2O4S2/c21-13-3-1-12(2-4-13)9-18(27)25-19-26(16-10-32(28,29)11-17(16)31-19)14-5-7-15(8-6-14)30-20(22,23)24/h1-8,16-17H,9-11H2/t16-,17-/m0/s1. The highest BCUT2D eigenvalue weighted by molar-refractivity contribution is 8.16. The topological polar surface area (TPSA) is 76.0 Å². The summed E-state index contributed by atoms with van der Waals surface area (Å²) in [6, 6.07) is 9.82. The summed E-state index contributed by atoms with van der Waals surface area (Å²) < 4.78 is 78.4. The smallest absolute Gasteiger partial charge is 0.406 e. The number of thioether (sulfide) groups is 1. The van der Waals surface area contributed by atoms with Crippen molar-refractivity contribution in [2.24, 2.45) is 4.99 Å². The molecule has 32 heavy (non-hydrogen) atoms. The molecule has 0 spiro atoms. The lowest BCUT2D eigenvalue weighted by atomic mass is 10.1. The number of amides is 1. The Bertz CT molecular complexity index is 1150. The van der Waals surface area contributed by atoms with Gasteiger partial charge >= 0.3 is 6.36 Å². The van der Waals surface area contributed by atoms with Gasteiger partial charge in [-0.05, 0) is 42.0 Å². The highest BCUT2D eigenvalue weighted by Crippen LogP contribution is 2.41. The first-order valence-electron chi connectivity index (χ1n) is 9.37. The second kappa shape index (κ2) is 8.39. The maximum Gasteiger partial charge on any atom is 0.573 e. The van der Waals surface area contributed by atoms with Crippen molar-refractivity contribution in [3.8, 4) is 5.75 Å². The van der Waals surface area contributed by atoms with Crippen LogP contribution in [0.25, 0.3) is 0 Å². The van der Waals surface area contributed by atoms with E-state index in [1.807, 2.05) is 0 Å². The van der Waals surface area contributed by atoms with E-state index in [-0.39, 0.29) is 28.3 Å². The maximum atomic E-state index is 13.1. The van der Waals surface area contributed by atoms with Gasteiger partial charge in [0.05, 0.1) is 24.0 Å². The number of ether oxygens (including phenoxy) is 1. The van der Waals surface area contributed by atoms with Gasteiger partial charge in [-0.25, -0.2) is 12.8 Å². The molecule has 2 heterocycles. The van der Waals surface area contributed by atoms with E-state index in [4.69, 9.17) is 0 Å². The van der Waals surface area contributed by atoms with E-state index in [1.54, 1.807) is 4.90 Å². The Morgan fingerprint density at radius 3 is 2.38 bits per heavy atom. The molecule has 0 radical (unpaired) electrons. The summed E-state index contributed by atoms with van der Waals surface area (Å²) in [5, 5.41) is -0.0880. The summed E-state index contributed by atoms with van der Waals surface area (Å²) in [4.78, 5) is 18.2. The normalized spacial score (nSPS) is 23.4. The van der Waals surface area contributed by atoms with Gasteiger partial charge in [-0.3, -0.25) is 4.79 Å². The average Bonchev–Trinajstić information content (AvgIpc) is 3.14. The Balaban J connectivity index is 1.60. The van der Waals surface area contributed by atoms with E-state index >= 15 is 0 Å². The van der Waals surface area contributed by atoms with Crippen LogP contribution in [0, 0.1) is 5.82 Å². The van der Waals surface area contributed by atoms with Crippen LogP contribution >= 0.6 is 11.8 Å². The molecule has 12 heteroatoms. The molecule has 0 aliphatic carbocycles. The van der Waals surface area contributed by atoms with Crippen molar-refractivity contribution in [2.45, 2.75) is 24.1 Å². The van der Waals surface area contributed by atoms with Crippen LogP contribution in [0.3, 0.4) is 0 Å². The number of nitrogens with zero attached hydrogens (tertiary/aromatic N) is 2. The van der Waals surface area contributed by atoms with Gasteiger partial charge in [0.15, 0.2) is 15.0 Å². The van der Waals surface area contributed by atoms with Gasteiger partial charge in [0.2, 0.25) is 0 Å². The fourth-order valence-corrected chi connectivity index (χ4v) is 7.53. The lowest BCUT2D eigenvalue weighted by molar-refractivity contribution is -0.274. The first-order chi connectivity index (χ1) is 15.0. The number of carbonyl (C=O) groups excluding carboxylic acids is 1. The quantitative estimate of drug-likeness (QED) is 0.613. The monoisotopic (exact) mass is 488 g/mol. The Morgan fingerprint density at radius 1 is 1.09 bits per heavy atom. The zero-order valence-electron chi connectivity index (χ0n) is 16.3. The van der Waals surface area contributed by atoms with Gasteiger partial charge in [-0.2, -0.15) is 4.99 Å². The van der Waals surface area contributed by atoms with Crippen LogP contribution in [0.2, 0.25) is 0 Å². The number of carbonyl (C=O) groups is 1. The van der Waals surface area contributed by atoms with Gasteiger partial charge in [0, 0.05) is 10.9 Å². The Morgan fingerprint density at radius 2 is 1.75 bits per heavy atom. The van der Waals surface area contributed by atoms with Gasteiger partial charge in [0.1, 0.15) is 11.6 Å². The van der Waals surface area contributed by atoms with Gasteiger partial charge in [0.25, 0.3) is 5.91 Å². The van der Waals surface area contributed by atoms with Crippen molar-refractivity contribution in [2.75, 3.05) is 16.4 Å². The van der Waals surface area contributed by atoms with Crippen LogP contribution in [0.4, 0.5) is 23.2 Å². The average molecular weight is 488 g/mol. The largest absolute Gasteiger partial charge is 0.573 e. The molecular formula is C20H16F4N2O4S2. The van der Waals surface area contributed by atoms with Crippen molar-refractivity contribution >= 4 is 38.4 Å². The van der Waals surface area contributed by atoms with E-state index in [0.29, 0.717) is 11.3 Å². The third-order valence-electron chi connectivity index (χ3n) is 4.90. The summed E-state index contributed by atoms with van der Waals surface area (Å²) in [7, 11) is -3.29. The zero-order valence-corrected chi connectivity index (χ0v) is 17.9. The van der Waals surface area contributed by atoms with Crippen LogP contribution in [-0.2, 0) is 21.1 Å². The van der Waals surface area contributed by atoms with Gasteiger partial charge < -0.3 is 9.64 Å². The number of amidine groups is 1. The zero-order chi connectivity index (χ0) is 23.1. The molecule has 2 aliphatic rings. The lowest BCUT2D eigenvalue weighted by Crippen LogP contribution is -2.37. The molecule has 0 N–H and O–H groups in total. The summed E-state index contributed by atoms with van der Waals surface area (Å²) in [6.07, 6.45) is -4.92. The number of fused-ring (bicyclic) bond motifs is 1. The molecule has 4 rings (SSSR count). The summed E-state index contributed by atoms with van der Waals surface area (Å²) >= 11 is 1.15. The van der Waals surface area contributed by atoms with E-state index in [9.17, 15) is 30.8 Å². The van der Waals surface area contributed by atoms with Crippen molar-refractivity contribution < 1.29 is 35.5 Å². The van der Waals surface area contributed by atoms with Gasteiger partial charge in [-0.1, -0.05) is 23.9 Å². The van der Waals surface area contributed by atoms with Crippen molar-refractivity contribution in [1.29, 1.82) is 0 Å². The predicted molar refractivity (Wildman–Crippen MR) is 112 cm³/mol. The molecule has 2 aromatic carbocycles. The molecule has 170 valence electrons. The number of hydrogen-bond donors (Lipinski definition) is 0. The lowest BCUT2D eigenvalue weighted by Gasteiger charge is -2.24. The number of sulfone groups is 1. The molecule has 2 fully saturated rings. The Labute approximate surface area is 185 Å². The Hall–Kier alpha value is -2.60. The van der Waals surface area contributed by atoms with Crippen LogP contribution < -0.4 is 9.64 Å². The molecule has 0 bridgehead atoms. The van der Waals surface area contributed by atoms with E-state index < -0.39 is 39.7 Å². The van der Waals surface area contributed by atoms with Crippen molar-refractivity contribution in [1.82, 2.24) is 0 Å². The summed E-state index contributed by atoms with van der Waals surface area (Å²) in [5.74, 6) is -1.61. The molecule has 2 atom stereocenters. The maximum absolute atomic E-state index is 13.1. The summed E-state index contributed by atoms with van der Waals surface area (Å²) in [6.45, 7) is 0. The SMILES string of the molecule is O=C(Cc1ccc(F)cc1)N=C1S[C@H]2CS(=O)(=O)C[C@@H]2N1c1ccc(OC(F)(F)F)cc1. The molecule has 2 saturated heterocycles. The van der Waals surface area contributed by atoms with E-state index in [2.05, 4.69) is 9.73 Å². The minimum absolute atomic E-state index is 0.0792. The fraction of sp³-hybridized carbons (Fsp3) is 0.300. The number of anilines is 1. The van der Waals surface area contributed by atoms with E-state index in [0.717, 1.165) is 23.9 Å². The molecule has 6 nitrogen and oxygen atoms in total. The Kier molecular flexibility index (Phi) is 5.93.